The van der Waals surface area contributed by atoms with Gasteiger partial charge in [0.15, 0.2) is 9.84 Å². The second-order valence-electron chi connectivity index (χ2n) is 5.16. The van der Waals surface area contributed by atoms with Crippen molar-refractivity contribution in [3.8, 4) is 0 Å². The maximum absolute atomic E-state index is 12.6. The predicted octanol–water partition coefficient (Wildman–Crippen LogP) is 3.64. The Balaban J connectivity index is 2.94. The summed E-state index contributed by atoms with van der Waals surface area (Å²) in [6, 6.07) is 7.01. The monoisotopic (exact) mass is 361 g/mol. The van der Waals surface area contributed by atoms with Gasteiger partial charge in [-0.25, -0.2) is 8.42 Å². The summed E-state index contributed by atoms with van der Waals surface area (Å²) in [5.41, 5.74) is 0. The molecule has 0 aliphatic rings. The van der Waals surface area contributed by atoms with E-state index < -0.39 is 9.84 Å². The van der Waals surface area contributed by atoms with Gasteiger partial charge in [-0.05, 0) is 46.9 Å². The van der Waals surface area contributed by atoms with Gasteiger partial charge in [0, 0.05) is 10.5 Å². The molecule has 114 valence electrons. The van der Waals surface area contributed by atoms with Crippen molar-refractivity contribution >= 4 is 25.8 Å². The lowest BCUT2D eigenvalue weighted by atomic mass is 10.0. The fraction of sp³-hybridized carbons (Fsp3) is 0.600. The minimum absolute atomic E-state index is 0.00273. The highest BCUT2D eigenvalue weighted by atomic mass is 79.9. The van der Waals surface area contributed by atoms with Crippen LogP contribution in [0.1, 0.15) is 33.6 Å². The first-order valence-electron chi connectivity index (χ1n) is 7.13. The van der Waals surface area contributed by atoms with Crippen molar-refractivity contribution < 1.29 is 8.42 Å². The summed E-state index contributed by atoms with van der Waals surface area (Å²) in [5, 5.41) is 3.37. The Kier molecular flexibility index (Phi) is 7.20. The molecule has 0 bridgehead atoms. The molecular weight excluding hydrogens is 338 g/mol. The van der Waals surface area contributed by atoms with Crippen LogP contribution in [0.25, 0.3) is 0 Å². The molecule has 0 spiro atoms. The van der Waals surface area contributed by atoms with Gasteiger partial charge in [-0.15, -0.1) is 0 Å². The van der Waals surface area contributed by atoms with E-state index in [-0.39, 0.29) is 11.8 Å². The maximum atomic E-state index is 12.6. The lowest BCUT2D eigenvalue weighted by Crippen LogP contribution is -2.41. The van der Waals surface area contributed by atoms with Crippen LogP contribution in [0.15, 0.2) is 33.6 Å². The van der Waals surface area contributed by atoms with Crippen LogP contribution in [-0.2, 0) is 9.84 Å². The SMILES string of the molecule is CCCNC(CS(=O)(=O)c1ccccc1Br)C(C)CC. The standard InChI is InChI=1S/C15H24BrNO2S/c1-4-10-17-14(12(3)5-2)11-20(18,19)15-9-7-6-8-13(15)16/h6-9,12,14,17H,4-5,10-11H2,1-3H3. The molecule has 0 aliphatic carbocycles. The quantitative estimate of drug-likeness (QED) is 0.768. The molecule has 0 heterocycles. The Morgan fingerprint density at radius 1 is 1.25 bits per heavy atom. The largest absolute Gasteiger partial charge is 0.313 e. The van der Waals surface area contributed by atoms with Gasteiger partial charge < -0.3 is 5.32 Å². The van der Waals surface area contributed by atoms with Crippen molar-refractivity contribution in [2.45, 2.75) is 44.6 Å². The van der Waals surface area contributed by atoms with Crippen LogP contribution in [0.2, 0.25) is 0 Å². The summed E-state index contributed by atoms with van der Waals surface area (Å²) < 4.78 is 25.8. The van der Waals surface area contributed by atoms with E-state index in [2.05, 4.69) is 42.0 Å². The summed E-state index contributed by atoms with van der Waals surface area (Å²) in [4.78, 5) is 0.381. The smallest absolute Gasteiger partial charge is 0.181 e. The van der Waals surface area contributed by atoms with E-state index in [1.807, 2.05) is 6.07 Å². The summed E-state index contributed by atoms with van der Waals surface area (Å²) >= 11 is 3.33. The van der Waals surface area contributed by atoms with Crippen LogP contribution >= 0.6 is 15.9 Å². The number of benzene rings is 1. The van der Waals surface area contributed by atoms with Gasteiger partial charge in [0.05, 0.1) is 10.6 Å². The predicted molar refractivity (Wildman–Crippen MR) is 87.7 cm³/mol. The van der Waals surface area contributed by atoms with E-state index in [4.69, 9.17) is 0 Å². The zero-order chi connectivity index (χ0) is 15.2. The molecule has 0 saturated heterocycles. The number of sulfone groups is 1. The molecule has 2 unspecified atom stereocenters. The van der Waals surface area contributed by atoms with Crippen molar-refractivity contribution in [2.75, 3.05) is 12.3 Å². The number of hydrogen-bond donors (Lipinski definition) is 1. The lowest BCUT2D eigenvalue weighted by molar-refractivity contribution is 0.391. The highest BCUT2D eigenvalue weighted by Gasteiger charge is 2.25. The lowest BCUT2D eigenvalue weighted by Gasteiger charge is -2.24. The molecule has 1 N–H and O–H groups in total. The number of nitrogens with one attached hydrogen (secondary N) is 1. The summed E-state index contributed by atoms with van der Waals surface area (Å²) in [6.45, 7) is 7.13. The van der Waals surface area contributed by atoms with Gasteiger partial charge in [0.25, 0.3) is 0 Å². The van der Waals surface area contributed by atoms with Gasteiger partial charge in [-0.1, -0.05) is 39.3 Å². The van der Waals surface area contributed by atoms with Crippen LogP contribution in [-0.4, -0.2) is 26.8 Å². The summed E-state index contributed by atoms with van der Waals surface area (Å²) in [5.74, 6) is 0.476. The molecule has 1 aromatic carbocycles. The number of hydrogen-bond acceptors (Lipinski definition) is 3. The third-order valence-electron chi connectivity index (χ3n) is 3.56. The van der Waals surface area contributed by atoms with Crippen LogP contribution in [0.5, 0.6) is 0 Å². The molecule has 0 aromatic heterocycles. The van der Waals surface area contributed by atoms with E-state index >= 15 is 0 Å². The number of rotatable bonds is 8. The van der Waals surface area contributed by atoms with Gasteiger partial charge in [0.2, 0.25) is 0 Å². The Hall–Kier alpha value is -0.390. The maximum Gasteiger partial charge on any atom is 0.181 e. The molecule has 0 fully saturated rings. The molecule has 20 heavy (non-hydrogen) atoms. The molecular formula is C15H24BrNO2S. The van der Waals surface area contributed by atoms with E-state index in [0.29, 0.717) is 15.3 Å². The van der Waals surface area contributed by atoms with Crippen molar-refractivity contribution in [1.29, 1.82) is 0 Å². The third-order valence-corrected chi connectivity index (χ3v) is 6.34. The molecule has 0 saturated carbocycles. The molecule has 0 aliphatic heterocycles. The fourth-order valence-corrected chi connectivity index (χ4v) is 4.84. The first-order valence-corrected chi connectivity index (χ1v) is 9.57. The minimum Gasteiger partial charge on any atom is -0.313 e. The first kappa shape index (κ1) is 17.7. The normalized spacial score (nSPS) is 15.0. The highest BCUT2D eigenvalue weighted by molar-refractivity contribution is 9.10. The molecule has 0 amide bonds. The second-order valence-corrected chi connectivity index (χ2v) is 8.01. The van der Waals surface area contributed by atoms with E-state index in [0.717, 1.165) is 19.4 Å². The molecule has 1 aromatic rings. The third kappa shape index (κ3) is 4.86. The van der Waals surface area contributed by atoms with Crippen molar-refractivity contribution in [3.05, 3.63) is 28.7 Å². The zero-order valence-corrected chi connectivity index (χ0v) is 14.8. The first-order chi connectivity index (χ1) is 9.42. The van der Waals surface area contributed by atoms with Crippen molar-refractivity contribution in [2.24, 2.45) is 5.92 Å². The summed E-state index contributed by atoms with van der Waals surface area (Å²) in [6.07, 6.45) is 1.97. The van der Waals surface area contributed by atoms with Gasteiger partial charge >= 0.3 is 0 Å². The molecule has 1 rings (SSSR count). The number of halogens is 1. The Morgan fingerprint density at radius 2 is 1.90 bits per heavy atom. The van der Waals surface area contributed by atoms with E-state index in [1.54, 1.807) is 18.2 Å². The minimum atomic E-state index is -3.29. The van der Waals surface area contributed by atoms with E-state index in [9.17, 15) is 8.42 Å². The van der Waals surface area contributed by atoms with Crippen LogP contribution < -0.4 is 5.32 Å². The zero-order valence-electron chi connectivity index (χ0n) is 12.4. The van der Waals surface area contributed by atoms with Crippen molar-refractivity contribution in [1.82, 2.24) is 5.32 Å². The summed E-state index contributed by atoms with van der Waals surface area (Å²) in [7, 11) is -3.29. The molecule has 0 radical (unpaired) electrons. The van der Waals surface area contributed by atoms with Gasteiger partial charge in [-0.2, -0.15) is 0 Å². The topological polar surface area (TPSA) is 46.2 Å². The molecule has 2 atom stereocenters. The average molecular weight is 362 g/mol. The fourth-order valence-electron chi connectivity index (χ4n) is 2.06. The van der Waals surface area contributed by atoms with E-state index in [1.165, 1.54) is 0 Å². The second kappa shape index (κ2) is 8.15. The van der Waals surface area contributed by atoms with Gasteiger partial charge in [0.1, 0.15) is 0 Å². The average Bonchev–Trinajstić information content (AvgIpc) is 2.42. The van der Waals surface area contributed by atoms with Crippen LogP contribution in [0.4, 0.5) is 0 Å². The van der Waals surface area contributed by atoms with Crippen LogP contribution in [0, 0.1) is 5.92 Å². The van der Waals surface area contributed by atoms with Crippen molar-refractivity contribution in [3.63, 3.8) is 0 Å². The van der Waals surface area contributed by atoms with Crippen LogP contribution in [0.3, 0.4) is 0 Å². The highest BCUT2D eigenvalue weighted by Crippen LogP contribution is 2.24. The Bertz CT molecular complexity index is 516. The Morgan fingerprint density at radius 3 is 2.45 bits per heavy atom. The molecule has 3 nitrogen and oxygen atoms in total. The van der Waals surface area contributed by atoms with Gasteiger partial charge in [-0.3, -0.25) is 0 Å². The molecule has 5 heteroatoms. The Labute approximate surface area is 131 Å².